The Hall–Kier alpha value is -0.0800. The number of aliphatic hydroxyl groups is 2. The van der Waals surface area contributed by atoms with Gasteiger partial charge in [-0.2, -0.15) is 0 Å². The maximum atomic E-state index is 9.24. The van der Waals surface area contributed by atoms with Crippen molar-refractivity contribution in [3.8, 4) is 0 Å². The van der Waals surface area contributed by atoms with Gasteiger partial charge in [-0.05, 0) is 36.5 Å². The third kappa shape index (κ3) is 2.96. The van der Waals surface area contributed by atoms with Crippen molar-refractivity contribution in [1.82, 2.24) is 0 Å². The Balaban J connectivity index is 2.51. The molecule has 0 aromatic heterocycles. The minimum Gasteiger partial charge on any atom is -0.396 e. The molecule has 4 unspecified atom stereocenters. The van der Waals surface area contributed by atoms with Crippen LogP contribution in [-0.2, 0) is 0 Å². The molecule has 1 saturated carbocycles. The lowest BCUT2D eigenvalue weighted by atomic mass is 9.76. The van der Waals surface area contributed by atoms with Crippen LogP contribution >= 0.6 is 0 Å². The molecule has 1 aliphatic rings. The lowest BCUT2D eigenvalue weighted by Crippen LogP contribution is -2.25. The summed E-state index contributed by atoms with van der Waals surface area (Å²) in [5, 5.41) is 18.5. The van der Waals surface area contributed by atoms with Crippen molar-refractivity contribution in [2.75, 3.05) is 13.2 Å². The fourth-order valence-electron chi connectivity index (χ4n) is 2.54. The van der Waals surface area contributed by atoms with Crippen LogP contribution in [0.25, 0.3) is 0 Å². The first-order valence-electron chi connectivity index (χ1n) is 5.90. The highest BCUT2D eigenvalue weighted by atomic mass is 16.3. The van der Waals surface area contributed by atoms with Crippen LogP contribution in [0.5, 0.6) is 0 Å². The van der Waals surface area contributed by atoms with Gasteiger partial charge in [0.05, 0.1) is 0 Å². The Morgan fingerprint density at radius 3 is 1.43 bits per heavy atom. The van der Waals surface area contributed by atoms with Crippen LogP contribution in [0.2, 0.25) is 0 Å². The molecule has 2 N–H and O–H groups in total. The maximum absolute atomic E-state index is 9.24. The van der Waals surface area contributed by atoms with Crippen molar-refractivity contribution in [2.24, 2.45) is 23.7 Å². The zero-order valence-electron chi connectivity index (χ0n) is 9.45. The molecule has 0 bridgehead atoms. The molecule has 0 aromatic rings. The van der Waals surface area contributed by atoms with E-state index in [1.54, 1.807) is 0 Å². The molecule has 4 atom stereocenters. The second kappa shape index (κ2) is 5.72. The Morgan fingerprint density at radius 2 is 1.14 bits per heavy atom. The summed E-state index contributed by atoms with van der Waals surface area (Å²) in [7, 11) is 0. The third-order valence-corrected chi connectivity index (χ3v) is 4.06. The molecule has 0 aliphatic heterocycles. The van der Waals surface area contributed by atoms with E-state index < -0.39 is 0 Å². The van der Waals surface area contributed by atoms with Crippen LogP contribution in [0, 0.1) is 23.7 Å². The van der Waals surface area contributed by atoms with E-state index in [2.05, 4.69) is 13.8 Å². The Kier molecular flexibility index (Phi) is 4.90. The molecule has 0 saturated heterocycles. The van der Waals surface area contributed by atoms with Crippen molar-refractivity contribution in [2.45, 2.75) is 39.5 Å². The van der Waals surface area contributed by atoms with Crippen molar-refractivity contribution in [1.29, 1.82) is 0 Å². The molecule has 14 heavy (non-hydrogen) atoms. The van der Waals surface area contributed by atoms with Crippen molar-refractivity contribution in [3.63, 3.8) is 0 Å². The first-order chi connectivity index (χ1) is 6.69. The highest BCUT2D eigenvalue weighted by molar-refractivity contribution is 4.76. The summed E-state index contributed by atoms with van der Waals surface area (Å²) in [6, 6.07) is 0. The summed E-state index contributed by atoms with van der Waals surface area (Å²) in [5.41, 5.74) is 0. The first-order valence-corrected chi connectivity index (χ1v) is 5.90. The van der Waals surface area contributed by atoms with Gasteiger partial charge in [0.1, 0.15) is 0 Å². The van der Waals surface area contributed by atoms with Gasteiger partial charge in [-0.1, -0.05) is 26.7 Å². The minimum absolute atomic E-state index is 0.331. The predicted octanol–water partition coefficient (Wildman–Crippen LogP) is 2.05. The van der Waals surface area contributed by atoms with Crippen LogP contribution in [0.3, 0.4) is 0 Å². The Morgan fingerprint density at radius 1 is 0.786 bits per heavy atom. The normalized spacial score (nSPS) is 40.3. The third-order valence-electron chi connectivity index (χ3n) is 4.06. The number of aliphatic hydroxyl groups excluding tert-OH is 2. The molecule has 0 amide bonds. The lowest BCUT2D eigenvalue weighted by molar-refractivity contribution is 0.103. The topological polar surface area (TPSA) is 40.5 Å². The number of rotatable bonds is 2. The Labute approximate surface area is 87.3 Å². The number of hydrogen-bond donors (Lipinski definition) is 2. The summed E-state index contributed by atoms with van der Waals surface area (Å²) in [5.74, 6) is 2.19. The lowest BCUT2D eigenvalue weighted by Gasteiger charge is -2.31. The standard InChI is InChI=1S/C12H24O2/c1-9-3-5-12(8-14)10(2)4-6-11(9)7-13/h9-14H,3-8H2,1-2H3. The van der Waals surface area contributed by atoms with E-state index in [9.17, 15) is 10.2 Å². The molecule has 0 aromatic carbocycles. The van der Waals surface area contributed by atoms with Gasteiger partial charge in [0.15, 0.2) is 0 Å². The average Bonchev–Trinajstić information content (AvgIpc) is 2.17. The van der Waals surface area contributed by atoms with E-state index in [0.717, 1.165) is 25.7 Å². The molecule has 0 spiro atoms. The maximum Gasteiger partial charge on any atom is 0.0461 e. The summed E-state index contributed by atoms with van der Waals surface area (Å²) < 4.78 is 0. The zero-order valence-corrected chi connectivity index (χ0v) is 9.45. The summed E-state index contributed by atoms with van der Waals surface area (Å²) in [4.78, 5) is 0. The van der Waals surface area contributed by atoms with Gasteiger partial charge in [0, 0.05) is 13.2 Å². The van der Waals surface area contributed by atoms with Crippen LogP contribution < -0.4 is 0 Å². The fourth-order valence-corrected chi connectivity index (χ4v) is 2.54. The molecule has 0 radical (unpaired) electrons. The highest BCUT2D eigenvalue weighted by Gasteiger charge is 2.25. The molecule has 1 aliphatic carbocycles. The van der Waals surface area contributed by atoms with Gasteiger partial charge < -0.3 is 10.2 Å². The summed E-state index contributed by atoms with van der Waals surface area (Å²) in [6.45, 7) is 5.12. The van der Waals surface area contributed by atoms with Crippen molar-refractivity contribution >= 4 is 0 Å². The van der Waals surface area contributed by atoms with E-state index in [1.165, 1.54) is 0 Å². The largest absolute Gasteiger partial charge is 0.396 e. The molecule has 1 rings (SSSR count). The monoisotopic (exact) mass is 200 g/mol. The molecule has 2 heteroatoms. The molecule has 0 heterocycles. The highest BCUT2D eigenvalue weighted by Crippen LogP contribution is 2.33. The van der Waals surface area contributed by atoms with E-state index >= 15 is 0 Å². The average molecular weight is 200 g/mol. The van der Waals surface area contributed by atoms with Gasteiger partial charge in [-0.25, -0.2) is 0 Å². The van der Waals surface area contributed by atoms with Gasteiger partial charge in [-0.3, -0.25) is 0 Å². The Bertz CT molecular complexity index is 140. The van der Waals surface area contributed by atoms with E-state index in [4.69, 9.17) is 0 Å². The summed E-state index contributed by atoms with van der Waals surface area (Å²) in [6.07, 6.45) is 4.55. The van der Waals surface area contributed by atoms with Crippen LogP contribution in [-0.4, -0.2) is 23.4 Å². The molecule has 1 fully saturated rings. The predicted molar refractivity (Wildman–Crippen MR) is 57.9 cm³/mol. The molecular weight excluding hydrogens is 176 g/mol. The van der Waals surface area contributed by atoms with E-state index in [0.29, 0.717) is 36.9 Å². The SMILES string of the molecule is CC1CCC(CO)C(C)CCC1CO. The van der Waals surface area contributed by atoms with Gasteiger partial charge >= 0.3 is 0 Å². The minimum atomic E-state index is 0.331. The van der Waals surface area contributed by atoms with Gasteiger partial charge in [-0.15, -0.1) is 0 Å². The van der Waals surface area contributed by atoms with Crippen LogP contribution in [0.4, 0.5) is 0 Å². The fraction of sp³-hybridized carbons (Fsp3) is 1.00. The first kappa shape index (κ1) is 12.0. The zero-order chi connectivity index (χ0) is 10.6. The summed E-state index contributed by atoms with van der Waals surface area (Å²) >= 11 is 0. The number of hydrogen-bond acceptors (Lipinski definition) is 2. The van der Waals surface area contributed by atoms with Gasteiger partial charge in [0.25, 0.3) is 0 Å². The van der Waals surface area contributed by atoms with E-state index in [-0.39, 0.29) is 0 Å². The van der Waals surface area contributed by atoms with E-state index in [1.807, 2.05) is 0 Å². The smallest absolute Gasteiger partial charge is 0.0461 e. The molecule has 2 nitrogen and oxygen atoms in total. The molecular formula is C12H24O2. The van der Waals surface area contributed by atoms with Crippen LogP contribution in [0.15, 0.2) is 0 Å². The molecule has 84 valence electrons. The second-order valence-corrected chi connectivity index (χ2v) is 4.99. The van der Waals surface area contributed by atoms with Crippen molar-refractivity contribution in [3.05, 3.63) is 0 Å². The quantitative estimate of drug-likeness (QED) is 0.716. The second-order valence-electron chi connectivity index (χ2n) is 4.99. The van der Waals surface area contributed by atoms with Crippen molar-refractivity contribution < 1.29 is 10.2 Å². The van der Waals surface area contributed by atoms with Crippen LogP contribution in [0.1, 0.15) is 39.5 Å². The van der Waals surface area contributed by atoms with Gasteiger partial charge in [0.2, 0.25) is 0 Å².